The summed E-state index contributed by atoms with van der Waals surface area (Å²) in [7, 11) is -3.60. The molecule has 0 radical (unpaired) electrons. The summed E-state index contributed by atoms with van der Waals surface area (Å²) in [6.07, 6.45) is 3.41. The van der Waals surface area contributed by atoms with Crippen molar-refractivity contribution in [2.45, 2.75) is 11.4 Å². The minimum Gasteiger partial charge on any atom is -0.452 e. The molecule has 0 saturated carbocycles. The number of carbonyl (C=O) groups excluding carboxylic acids is 2. The largest absolute Gasteiger partial charge is 0.452 e. The number of esters is 1. The van der Waals surface area contributed by atoms with Crippen LogP contribution in [0.15, 0.2) is 70.2 Å². The van der Waals surface area contributed by atoms with Crippen LogP contribution in [-0.4, -0.2) is 72.1 Å². The topological polar surface area (TPSA) is 115 Å². The Hall–Kier alpha value is -3.44. The summed E-state index contributed by atoms with van der Waals surface area (Å²) in [6.45, 7) is 0.709. The molecule has 1 aliphatic rings. The van der Waals surface area contributed by atoms with Crippen LogP contribution in [0.5, 0.6) is 0 Å². The van der Waals surface area contributed by atoms with Crippen LogP contribution in [0.25, 0.3) is 0 Å². The molecular weight excluding hydrogens is 436 g/mol. The molecule has 0 aliphatic carbocycles. The lowest BCUT2D eigenvalue weighted by molar-refractivity contribution is -0.135. The van der Waals surface area contributed by atoms with E-state index in [4.69, 9.17) is 9.15 Å². The first-order valence-corrected chi connectivity index (χ1v) is 11.4. The average molecular weight is 458 g/mol. The van der Waals surface area contributed by atoms with Gasteiger partial charge in [0.2, 0.25) is 15.8 Å². The summed E-state index contributed by atoms with van der Waals surface area (Å²) in [5, 5.41) is 4.06. The maximum absolute atomic E-state index is 12.7. The molecule has 10 nitrogen and oxygen atoms in total. The molecule has 1 aliphatic heterocycles. The van der Waals surface area contributed by atoms with E-state index in [1.165, 1.54) is 15.3 Å². The lowest BCUT2D eigenvalue weighted by atomic mass is 10.3. The zero-order chi connectivity index (χ0) is 22.6. The Morgan fingerprint density at radius 2 is 1.75 bits per heavy atom. The van der Waals surface area contributed by atoms with Crippen LogP contribution >= 0.6 is 0 Å². The fraction of sp³-hybridized carbons (Fsp3) is 0.286. The highest BCUT2D eigenvalue weighted by Crippen LogP contribution is 2.17. The van der Waals surface area contributed by atoms with Gasteiger partial charge in [0.25, 0.3) is 5.91 Å². The molecule has 0 spiro atoms. The van der Waals surface area contributed by atoms with E-state index < -0.39 is 28.5 Å². The Morgan fingerprint density at radius 3 is 2.44 bits per heavy atom. The van der Waals surface area contributed by atoms with Crippen LogP contribution in [0.2, 0.25) is 0 Å². The van der Waals surface area contributed by atoms with Crippen molar-refractivity contribution in [3.63, 3.8) is 0 Å². The van der Waals surface area contributed by atoms with E-state index in [0.717, 1.165) is 0 Å². The molecule has 0 N–H and O–H groups in total. The van der Waals surface area contributed by atoms with Crippen LogP contribution in [-0.2, 0) is 26.1 Å². The van der Waals surface area contributed by atoms with Gasteiger partial charge < -0.3 is 14.1 Å². The Morgan fingerprint density at radius 1 is 1.00 bits per heavy atom. The molecule has 4 rings (SSSR count). The zero-order valence-corrected chi connectivity index (χ0v) is 18.0. The quantitative estimate of drug-likeness (QED) is 0.489. The molecule has 0 unspecified atom stereocenters. The predicted molar refractivity (Wildman–Crippen MR) is 112 cm³/mol. The Balaban J connectivity index is 1.25. The molecule has 1 saturated heterocycles. The third kappa shape index (κ3) is 4.89. The van der Waals surface area contributed by atoms with Gasteiger partial charge in [-0.05, 0) is 30.3 Å². The van der Waals surface area contributed by atoms with Crippen molar-refractivity contribution in [1.29, 1.82) is 0 Å². The fourth-order valence-electron chi connectivity index (χ4n) is 3.34. The first-order valence-electron chi connectivity index (χ1n) is 10.00. The zero-order valence-electron chi connectivity index (χ0n) is 17.2. The van der Waals surface area contributed by atoms with E-state index in [-0.39, 0.29) is 36.8 Å². The molecule has 3 aromatic rings. The van der Waals surface area contributed by atoms with E-state index in [9.17, 15) is 18.0 Å². The highest BCUT2D eigenvalue weighted by atomic mass is 32.2. The van der Waals surface area contributed by atoms with Crippen molar-refractivity contribution in [3.05, 3.63) is 72.4 Å². The third-order valence-electron chi connectivity index (χ3n) is 5.04. The number of carbonyl (C=O) groups is 2. The lowest BCUT2D eigenvalue weighted by Gasteiger charge is -2.33. The molecule has 3 heterocycles. The number of nitrogens with zero attached hydrogens (tertiary/aromatic N) is 4. The van der Waals surface area contributed by atoms with E-state index in [1.807, 2.05) is 0 Å². The molecule has 0 atom stereocenters. The number of hydrogen-bond acceptors (Lipinski definition) is 7. The normalized spacial score (nSPS) is 14.9. The molecule has 1 aromatic carbocycles. The van der Waals surface area contributed by atoms with Gasteiger partial charge in [0.15, 0.2) is 6.61 Å². The smallest absolute Gasteiger partial charge is 0.374 e. The van der Waals surface area contributed by atoms with Gasteiger partial charge in [-0.25, -0.2) is 13.2 Å². The number of hydrogen-bond donors (Lipinski definition) is 0. The number of rotatable bonds is 7. The van der Waals surface area contributed by atoms with Crippen LogP contribution < -0.4 is 0 Å². The van der Waals surface area contributed by atoms with Crippen molar-refractivity contribution in [3.8, 4) is 0 Å². The summed E-state index contributed by atoms with van der Waals surface area (Å²) in [5.41, 5.74) is 0. The minimum atomic E-state index is -3.60. The Kier molecular flexibility index (Phi) is 6.37. The fourth-order valence-corrected chi connectivity index (χ4v) is 4.78. The van der Waals surface area contributed by atoms with Crippen LogP contribution in [0.3, 0.4) is 0 Å². The highest BCUT2D eigenvalue weighted by Gasteiger charge is 2.30. The maximum Gasteiger partial charge on any atom is 0.374 e. The van der Waals surface area contributed by atoms with E-state index in [0.29, 0.717) is 12.3 Å². The van der Waals surface area contributed by atoms with Crippen molar-refractivity contribution in [2.75, 3.05) is 32.8 Å². The second-order valence-corrected chi connectivity index (χ2v) is 9.08. The molecule has 168 valence electrons. The van der Waals surface area contributed by atoms with Gasteiger partial charge in [-0.3, -0.25) is 9.48 Å². The van der Waals surface area contributed by atoms with Crippen LogP contribution in [0, 0.1) is 0 Å². The van der Waals surface area contributed by atoms with Gasteiger partial charge in [0.1, 0.15) is 5.76 Å². The van der Waals surface area contributed by atoms with Crippen LogP contribution in [0.4, 0.5) is 0 Å². The average Bonchev–Trinajstić information content (AvgIpc) is 3.50. The number of piperazine rings is 1. The van der Waals surface area contributed by atoms with Crippen molar-refractivity contribution in [2.24, 2.45) is 0 Å². The van der Waals surface area contributed by atoms with Crippen molar-refractivity contribution >= 4 is 21.9 Å². The first-order chi connectivity index (χ1) is 15.4. The molecule has 32 heavy (non-hydrogen) atoms. The molecule has 0 bridgehead atoms. The first kappa shape index (κ1) is 21.8. The summed E-state index contributed by atoms with van der Waals surface area (Å²) < 4.78 is 38.9. The lowest BCUT2D eigenvalue weighted by Crippen LogP contribution is -2.51. The maximum atomic E-state index is 12.7. The SMILES string of the molecule is O=C(OCC(=O)N1CCN(S(=O)(=O)c2ccccc2)CC1)c1ccc(Cn2cccn2)o1. The summed E-state index contributed by atoms with van der Waals surface area (Å²) in [6, 6.07) is 13.1. The summed E-state index contributed by atoms with van der Waals surface area (Å²) in [4.78, 5) is 26.3. The summed E-state index contributed by atoms with van der Waals surface area (Å²) >= 11 is 0. The monoisotopic (exact) mass is 458 g/mol. The van der Waals surface area contributed by atoms with Gasteiger partial charge in [0, 0.05) is 38.6 Å². The molecule has 2 aromatic heterocycles. The van der Waals surface area contributed by atoms with Gasteiger partial charge >= 0.3 is 5.97 Å². The number of furan rings is 1. The van der Waals surface area contributed by atoms with Gasteiger partial charge in [0.05, 0.1) is 11.4 Å². The van der Waals surface area contributed by atoms with Gasteiger partial charge in [-0.15, -0.1) is 0 Å². The molecular formula is C21H22N4O6S. The second kappa shape index (κ2) is 9.37. The predicted octanol–water partition coefficient (Wildman–Crippen LogP) is 1.21. The van der Waals surface area contributed by atoms with E-state index in [1.54, 1.807) is 59.5 Å². The third-order valence-corrected chi connectivity index (χ3v) is 6.95. The summed E-state index contributed by atoms with van der Waals surface area (Å²) in [5.74, 6) is -0.602. The van der Waals surface area contributed by atoms with E-state index in [2.05, 4.69) is 5.10 Å². The van der Waals surface area contributed by atoms with E-state index >= 15 is 0 Å². The Bertz CT molecular complexity index is 1170. The number of aromatic nitrogens is 2. The standard InChI is InChI=1S/C21H22N4O6S/c26-20(16-30-21(27)19-8-7-17(31-19)15-24-10-4-9-22-24)23-11-13-25(14-12-23)32(28,29)18-5-2-1-3-6-18/h1-10H,11-16H2. The van der Waals surface area contributed by atoms with Crippen molar-refractivity contribution < 1.29 is 27.2 Å². The highest BCUT2D eigenvalue weighted by molar-refractivity contribution is 7.89. The van der Waals surface area contributed by atoms with Crippen LogP contribution in [0.1, 0.15) is 16.3 Å². The molecule has 1 fully saturated rings. The number of sulfonamides is 1. The van der Waals surface area contributed by atoms with Gasteiger partial charge in [-0.1, -0.05) is 18.2 Å². The second-order valence-electron chi connectivity index (χ2n) is 7.14. The van der Waals surface area contributed by atoms with Gasteiger partial charge in [-0.2, -0.15) is 9.40 Å². The number of ether oxygens (including phenoxy) is 1. The minimum absolute atomic E-state index is 0.00118. The molecule has 1 amide bonds. The molecule has 11 heteroatoms. The number of benzene rings is 1. The number of amides is 1. The Labute approximate surface area is 185 Å². The van der Waals surface area contributed by atoms with Crippen molar-refractivity contribution in [1.82, 2.24) is 19.0 Å².